The Hall–Kier alpha value is -2.46. The van der Waals surface area contributed by atoms with Crippen LogP contribution in [0.25, 0.3) is 0 Å². The largest absolute Gasteiger partial charge is 0.493 e. The zero-order chi connectivity index (χ0) is 18.4. The maximum atomic E-state index is 12.7. The predicted molar refractivity (Wildman–Crippen MR) is 99.7 cm³/mol. The molecule has 0 saturated heterocycles. The molecule has 2 rings (SSSR count). The van der Waals surface area contributed by atoms with Crippen molar-refractivity contribution in [1.82, 2.24) is 4.57 Å². The number of azo groups is 1. The minimum atomic E-state index is -0.439. The summed E-state index contributed by atoms with van der Waals surface area (Å²) >= 11 is 3.34. The van der Waals surface area contributed by atoms with Gasteiger partial charge in [-0.05, 0) is 37.6 Å². The van der Waals surface area contributed by atoms with E-state index in [-0.39, 0.29) is 17.1 Å². The molecule has 0 radical (unpaired) electrons. The van der Waals surface area contributed by atoms with Crippen molar-refractivity contribution in [1.29, 1.82) is 5.26 Å². The number of pyridine rings is 1. The Bertz CT molecular complexity index is 880. The third-order valence-corrected chi connectivity index (χ3v) is 4.38. The van der Waals surface area contributed by atoms with Gasteiger partial charge in [-0.25, -0.2) is 0 Å². The fraction of sp³-hybridized carbons (Fsp3) is 0.333. The molecule has 1 aromatic carbocycles. The molecule has 2 aromatic rings. The highest BCUT2D eigenvalue weighted by Crippen LogP contribution is 2.27. The molecule has 0 bridgehead atoms. The molecule has 1 heterocycles. The average Bonchev–Trinajstić information content (AvgIpc) is 2.60. The Kier molecular flexibility index (Phi) is 6.48. The van der Waals surface area contributed by atoms with Crippen LogP contribution >= 0.6 is 15.9 Å². The molecule has 0 spiro atoms. The summed E-state index contributed by atoms with van der Waals surface area (Å²) in [5, 5.41) is 27.7. The fourth-order valence-corrected chi connectivity index (χ4v) is 2.66. The molecule has 7 heteroatoms. The molecule has 130 valence electrons. The number of halogens is 1. The smallest absolute Gasteiger partial charge is 0.281 e. The second-order valence-corrected chi connectivity index (χ2v) is 6.54. The first-order chi connectivity index (χ1) is 12.0. The molecule has 0 amide bonds. The number of hydrogen-bond donors (Lipinski definition) is 1. The van der Waals surface area contributed by atoms with Gasteiger partial charge < -0.3 is 5.11 Å². The lowest BCUT2D eigenvalue weighted by Crippen LogP contribution is -2.22. The quantitative estimate of drug-likeness (QED) is 0.537. The van der Waals surface area contributed by atoms with Gasteiger partial charge in [0, 0.05) is 16.6 Å². The minimum Gasteiger partial charge on any atom is -0.493 e. The predicted octanol–water partition coefficient (Wildman–Crippen LogP) is 5.10. The third-order valence-electron chi connectivity index (χ3n) is 3.85. The molecule has 1 N–H and O–H groups in total. The van der Waals surface area contributed by atoms with Gasteiger partial charge in [0.15, 0.2) is 5.69 Å². The van der Waals surface area contributed by atoms with Crippen molar-refractivity contribution in [2.45, 2.75) is 39.7 Å². The molecule has 0 aliphatic carbocycles. The first-order valence-electron chi connectivity index (χ1n) is 8.03. The molecule has 0 unspecified atom stereocenters. The van der Waals surface area contributed by atoms with Crippen LogP contribution in [0.1, 0.15) is 37.3 Å². The highest BCUT2D eigenvalue weighted by atomic mass is 79.9. The lowest BCUT2D eigenvalue weighted by molar-refractivity contribution is 0.398. The van der Waals surface area contributed by atoms with Crippen molar-refractivity contribution < 1.29 is 5.11 Å². The van der Waals surface area contributed by atoms with E-state index < -0.39 is 5.56 Å². The number of unbranched alkanes of at least 4 members (excludes halogenated alkanes) is 2. The number of nitriles is 1. The molecular formula is C18H19BrN4O2. The second kappa shape index (κ2) is 8.58. The second-order valence-electron chi connectivity index (χ2n) is 5.62. The Morgan fingerprint density at radius 1 is 1.24 bits per heavy atom. The summed E-state index contributed by atoms with van der Waals surface area (Å²) in [6, 6.07) is 9.11. The van der Waals surface area contributed by atoms with Gasteiger partial charge in [0.05, 0.1) is 5.69 Å². The van der Waals surface area contributed by atoms with Crippen LogP contribution in [0.5, 0.6) is 5.88 Å². The van der Waals surface area contributed by atoms with Gasteiger partial charge in [-0.2, -0.15) is 10.4 Å². The standard InChI is InChI=1S/C18H19BrN4O2/c1-3-4-5-10-23-17(24)15(11-20)12(2)16(18(23)25)22-21-14-8-6-13(19)7-9-14/h6-9,24H,3-5,10H2,1-2H3. The van der Waals surface area contributed by atoms with Crippen molar-refractivity contribution >= 4 is 27.3 Å². The van der Waals surface area contributed by atoms with Crippen LogP contribution in [0.3, 0.4) is 0 Å². The summed E-state index contributed by atoms with van der Waals surface area (Å²) in [6.07, 6.45) is 2.65. The highest BCUT2D eigenvalue weighted by Gasteiger charge is 2.18. The van der Waals surface area contributed by atoms with Crippen molar-refractivity contribution in [3.05, 3.63) is 50.2 Å². The summed E-state index contributed by atoms with van der Waals surface area (Å²) < 4.78 is 2.12. The molecule has 0 atom stereocenters. The molecule has 1 aromatic heterocycles. The van der Waals surface area contributed by atoms with Gasteiger partial charge in [0.25, 0.3) is 5.56 Å². The van der Waals surface area contributed by atoms with E-state index in [1.54, 1.807) is 19.1 Å². The Balaban J connectivity index is 2.49. The van der Waals surface area contributed by atoms with Gasteiger partial charge in [-0.1, -0.05) is 35.7 Å². The van der Waals surface area contributed by atoms with E-state index in [4.69, 9.17) is 0 Å². The number of aromatic nitrogens is 1. The normalized spacial score (nSPS) is 11.0. The maximum Gasteiger partial charge on any atom is 0.281 e. The van der Waals surface area contributed by atoms with Crippen LogP contribution in [0.4, 0.5) is 11.4 Å². The monoisotopic (exact) mass is 402 g/mol. The Morgan fingerprint density at radius 3 is 2.52 bits per heavy atom. The van der Waals surface area contributed by atoms with Crippen LogP contribution in [0.15, 0.2) is 43.8 Å². The van der Waals surface area contributed by atoms with Gasteiger partial charge in [0.2, 0.25) is 5.88 Å². The lowest BCUT2D eigenvalue weighted by atomic mass is 10.1. The van der Waals surface area contributed by atoms with Gasteiger partial charge >= 0.3 is 0 Å². The van der Waals surface area contributed by atoms with Crippen molar-refractivity contribution in [3.8, 4) is 11.9 Å². The van der Waals surface area contributed by atoms with Crippen LogP contribution in [0.2, 0.25) is 0 Å². The van der Waals surface area contributed by atoms with Gasteiger partial charge in [-0.15, -0.1) is 5.11 Å². The third kappa shape index (κ3) is 4.34. The van der Waals surface area contributed by atoms with E-state index in [2.05, 4.69) is 33.1 Å². The summed E-state index contributed by atoms with van der Waals surface area (Å²) in [6.45, 7) is 3.98. The van der Waals surface area contributed by atoms with Crippen LogP contribution in [0, 0.1) is 18.3 Å². The number of nitrogens with zero attached hydrogens (tertiary/aromatic N) is 4. The van der Waals surface area contributed by atoms with Crippen molar-refractivity contribution in [2.75, 3.05) is 0 Å². The van der Waals surface area contributed by atoms with E-state index in [9.17, 15) is 15.2 Å². The van der Waals surface area contributed by atoms with Crippen molar-refractivity contribution in [3.63, 3.8) is 0 Å². The van der Waals surface area contributed by atoms with E-state index in [1.165, 1.54) is 4.57 Å². The molecule has 6 nitrogen and oxygen atoms in total. The van der Waals surface area contributed by atoms with E-state index >= 15 is 0 Å². The number of rotatable bonds is 6. The molecule has 25 heavy (non-hydrogen) atoms. The molecular weight excluding hydrogens is 384 g/mol. The fourth-order valence-electron chi connectivity index (χ4n) is 2.40. The zero-order valence-electron chi connectivity index (χ0n) is 14.2. The zero-order valence-corrected chi connectivity index (χ0v) is 15.7. The average molecular weight is 403 g/mol. The summed E-state index contributed by atoms with van der Waals surface area (Å²) in [5.74, 6) is -0.302. The maximum absolute atomic E-state index is 12.7. The number of aromatic hydroxyl groups is 1. The summed E-state index contributed by atoms with van der Waals surface area (Å²) in [7, 11) is 0. The summed E-state index contributed by atoms with van der Waals surface area (Å²) in [5.41, 5.74) is 0.615. The van der Waals surface area contributed by atoms with Crippen LogP contribution in [-0.4, -0.2) is 9.67 Å². The van der Waals surface area contributed by atoms with E-state index in [1.807, 2.05) is 18.2 Å². The Morgan fingerprint density at radius 2 is 1.92 bits per heavy atom. The molecule has 0 aliphatic heterocycles. The molecule has 0 saturated carbocycles. The van der Waals surface area contributed by atoms with Crippen molar-refractivity contribution in [2.24, 2.45) is 10.2 Å². The lowest BCUT2D eigenvalue weighted by Gasteiger charge is -2.12. The SMILES string of the molecule is CCCCCn1c(O)c(C#N)c(C)c(N=Nc2ccc(Br)cc2)c1=O. The first kappa shape index (κ1) is 18.9. The van der Waals surface area contributed by atoms with Gasteiger partial charge in [0.1, 0.15) is 11.6 Å². The molecule has 0 aliphatic rings. The van der Waals surface area contributed by atoms with Gasteiger partial charge in [-0.3, -0.25) is 9.36 Å². The van der Waals surface area contributed by atoms with E-state index in [0.29, 0.717) is 17.8 Å². The number of benzene rings is 1. The Labute approximate surface area is 154 Å². The van der Waals surface area contributed by atoms with Crippen LogP contribution in [-0.2, 0) is 6.54 Å². The van der Waals surface area contributed by atoms with E-state index in [0.717, 1.165) is 23.7 Å². The highest BCUT2D eigenvalue weighted by molar-refractivity contribution is 9.10. The number of hydrogen-bond acceptors (Lipinski definition) is 5. The van der Waals surface area contributed by atoms with Crippen LogP contribution < -0.4 is 5.56 Å². The molecule has 0 fully saturated rings. The minimum absolute atomic E-state index is 0.0563. The first-order valence-corrected chi connectivity index (χ1v) is 8.82. The summed E-state index contributed by atoms with van der Waals surface area (Å²) in [4.78, 5) is 12.7. The topological polar surface area (TPSA) is 90.7 Å².